The number of hydrogen-bond acceptors (Lipinski definition) is 3. The average molecular weight is 342 g/mol. The van der Waals surface area contributed by atoms with Crippen LogP contribution in [0.15, 0.2) is 27.4 Å². The number of thiophene rings is 2. The van der Waals surface area contributed by atoms with Crippen molar-refractivity contribution < 1.29 is 0 Å². The summed E-state index contributed by atoms with van der Waals surface area (Å²) in [6.45, 7) is 2.27. The SMILES string of the molecule is CC(NC1CCCc2sc(Br)cc21)c1cccs1. The van der Waals surface area contributed by atoms with E-state index in [0.29, 0.717) is 12.1 Å². The van der Waals surface area contributed by atoms with E-state index in [-0.39, 0.29) is 0 Å². The highest BCUT2D eigenvalue weighted by Gasteiger charge is 2.24. The van der Waals surface area contributed by atoms with Crippen LogP contribution in [0.5, 0.6) is 0 Å². The first kappa shape index (κ1) is 12.9. The molecule has 0 aliphatic heterocycles. The van der Waals surface area contributed by atoms with Crippen LogP contribution in [0, 0.1) is 0 Å². The highest BCUT2D eigenvalue weighted by molar-refractivity contribution is 9.11. The molecule has 2 heterocycles. The first-order valence-corrected chi connectivity index (χ1v) is 8.80. The van der Waals surface area contributed by atoms with Gasteiger partial charge in [-0.15, -0.1) is 22.7 Å². The van der Waals surface area contributed by atoms with Gasteiger partial charge in [0.2, 0.25) is 0 Å². The van der Waals surface area contributed by atoms with Gasteiger partial charge in [-0.05, 0) is 65.2 Å². The molecule has 1 aliphatic carbocycles. The predicted octanol–water partition coefficient (Wildman–Crippen LogP) is 5.30. The van der Waals surface area contributed by atoms with Gasteiger partial charge in [-0.1, -0.05) is 6.07 Å². The maximum absolute atomic E-state index is 3.79. The molecule has 18 heavy (non-hydrogen) atoms. The molecule has 0 radical (unpaired) electrons. The third kappa shape index (κ3) is 2.57. The van der Waals surface area contributed by atoms with Gasteiger partial charge < -0.3 is 5.32 Å². The monoisotopic (exact) mass is 341 g/mol. The second-order valence-corrected chi connectivity index (χ2v) is 8.27. The van der Waals surface area contributed by atoms with Crippen molar-refractivity contribution in [3.63, 3.8) is 0 Å². The Balaban J connectivity index is 1.78. The Kier molecular flexibility index (Phi) is 3.89. The lowest BCUT2D eigenvalue weighted by atomic mass is 9.93. The molecule has 1 nitrogen and oxygen atoms in total. The van der Waals surface area contributed by atoms with E-state index < -0.39 is 0 Å². The van der Waals surface area contributed by atoms with Gasteiger partial charge >= 0.3 is 0 Å². The Bertz CT molecular complexity index is 518. The summed E-state index contributed by atoms with van der Waals surface area (Å²) in [6, 6.07) is 7.62. The van der Waals surface area contributed by atoms with E-state index in [1.54, 1.807) is 4.88 Å². The number of hydrogen-bond donors (Lipinski definition) is 1. The summed E-state index contributed by atoms with van der Waals surface area (Å²) in [4.78, 5) is 2.99. The molecule has 0 amide bonds. The van der Waals surface area contributed by atoms with Crippen LogP contribution in [0.1, 0.15) is 47.2 Å². The van der Waals surface area contributed by atoms with Crippen molar-refractivity contribution in [1.82, 2.24) is 5.32 Å². The average Bonchev–Trinajstić information content (AvgIpc) is 2.96. The van der Waals surface area contributed by atoms with Gasteiger partial charge in [-0.25, -0.2) is 0 Å². The number of rotatable bonds is 3. The normalized spacial score (nSPS) is 20.7. The molecule has 3 rings (SSSR count). The Morgan fingerprint density at radius 3 is 3.17 bits per heavy atom. The molecule has 2 atom stereocenters. The summed E-state index contributed by atoms with van der Waals surface area (Å²) in [5, 5.41) is 5.94. The molecule has 0 saturated heterocycles. The van der Waals surface area contributed by atoms with Gasteiger partial charge in [-0.3, -0.25) is 0 Å². The fourth-order valence-electron chi connectivity index (χ4n) is 2.62. The number of fused-ring (bicyclic) bond motifs is 1. The van der Waals surface area contributed by atoms with Crippen molar-refractivity contribution >= 4 is 38.6 Å². The summed E-state index contributed by atoms with van der Waals surface area (Å²) >= 11 is 7.35. The lowest BCUT2D eigenvalue weighted by Crippen LogP contribution is -2.26. The van der Waals surface area contributed by atoms with Crippen LogP contribution in [0.3, 0.4) is 0 Å². The quantitative estimate of drug-likeness (QED) is 0.798. The molecular weight excluding hydrogens is 326 g/mol. The van der Waals surface area contributed by atoms with E-state index in [9.17, 15) is 0 Å². The van der Waals surface area contributed by atoms with Crippen molar-refractivity contribution in [2.45, 2.75) is 38.3 Å². The molecule has 96 valence electrons. The second-order valence-electron chi connectivity index (χ2n) is 4.78. The van der Waals surface area contributed by atoms with Crippen LogP contribution in [0.25, 0.3) is 0 Å². The zero-order chi connectivity index (χ0) is 12.5. The predicted molar refractivity (Wildman–Crippen MR) is 83.6 cm³/mol. The molecule has 2 aromatic heterocycles. The van der Waals surface area contributed by atoms with Gasteiger partial charge in [0, 0.05) is 21.8 Å². The van der Waals surface area contributed by atoms with Gasteiger partial charge in [0.15, 0.2) is 0 Å². The lowest BCUT2D eigenvalue weighted by Gasteiger charge is -2.26. The van der Waals surface area contributed by atoms with Crippen LogP contribution in [-0.4, -0.2) is 0 Å². The van der Waals surface area contributed by atoms with Crippen LogP contribution in [0.2, 0.25) is 0 Å². The van der Waals surface area contributed by atoms with Crippen molar-refractivity contribution in [2.75, 3.05) is 0 Å². The molecule has 1 N–H and O–H groups in total. The van der Waals surface area contributed by atoms with E-state index in [4.69, 9.17) is 0 Å². The Morgan fingerprint density at radius 2 is 2.39 bits per heavy atom. The van der Waals surface area contributed by atoms with E-state index >= 15 is 0 Å². The molecule has 0 saturated carbocycles. The van der Waals surface area contributed by atoms with E-state index in [0.717, 1.165) is 0 Å². The Labute approximate surface area is 124 Å². The van der Waals surface area contributed by atoms with Gasteiger partial charge in [0.25, 0.3) is 0 Å². The largest absolute Gasteiger partial charge is 0.303 e. The molecule has 0 bridgehead atoms. The molecule has 4 heteroatoms. The molecule has 0 fully saturated rings. The maximum Gasteiger partial charge on any atom is 0.0704 e. The van der Waals surface area contributed by atoms with Crippen LogP contribution >= 0.6 is 38.6 Å². The highest BCUT2D eigenvalue weighted by atomic mass is 79.9. The van der Waals surface area contributed by atoms with Crippen molar-refractivity contribution in [3.05, 3.63) is 42.7 Å². The zero-order valence-corrected chi connectivity index (χ0v) is 13.5. The van der Waals surface area contributed by atoms with Crippen molar-refractivity contribution in [3.8, 4) is 0 Å². The topological polar surface area (TPSA) is 12.0 Å². The first-order valence-electron chi connectivity index (χ1n) is 6.31. The molecule has 2 aromatic rings. The standard InChI is InChI=1S/C14H16BrNS2/c1-9(12-6-3-7-17-12)16-11-4-2-5-13-10(11)8-14(15)18-13/h3,6-9,11,16H,2,4-5H2,1H3. The first-order chi connectivity index (χ1) is 8.74. The number of nitrogens with one attached hydrogen (secondary N) is 1. The Morgan fingerprint density at radius 1 is 1.50 bits per heavy atom. The molecule has 0 spiro atoms. The van der Waals surface area contributed by atoms with Crippen molar-refractivity contribution in [1.29, 1.82) is 0 Å². The summed E-state index contributed by atoms with van der Waals surface area (Å²) in [7, 11) is 0. The summed E-state index contributed by atoms with van der Waals surface area (Å²) in [6.07, 6.45) is 3.80. The van der Waals surface area contributed by atoms with E-state index in [2.05, 4.69) is 51.7 Å². The van der Waals surface area contributed by atoms with Crippen LogP contribution < -0.4 is 5.32 Å². The lowest BCUT2D eigenvalue weighted by molar-refractivity contribution is 0.421. The van der Waals surface area contributed by atoms with E-state index in [1.165, 1.54) is 33.5 Å². The van der Waals surface area contributed by atoms with Crippen molar-refractivity contribution in [2.24, 2.45) is 0 Å². The van der Waals surface area contributed by atoms with Gasteiger partial charge in [0.05, 0.1) is 3.79 Å². The summed E-state index contributed by atoms with van der Waals surface area (Å²) < 4.78 is 1.27. The van der Waals surface area contributed by atoms with Gasteiger partial charge in [-0.2, -0.15) is 0 Å². The zero-order valence-electron chi connectivity index (χ0n) is 10.3. The maximum atomic E-state index is 3.79. The fourth-order valence-corrected chi connectivity index (χ4v) is 5.18. The summed E-state index contributed by atoms with van der Waals surface area (Å²) in [5.74, 6) is 0. The minimum absolute atomic E-state index is 0.444. The van der Waals surface area contributed by atoms with Gasteiger partial charge in [0.1, 0.15) is 0 Å². The van der Waals surface area contributed by atoms with E-state index in [1.807, 2.05) is 22.7 Å². The van der Waals surface area contributed by atoms with Crippen LogP contribution in [-0.2, 0) is 6.42 Å². The summed E-state index contributed by atoms with van der Waals surface area (Å²) in [5.41, 5.74) is 1.52. The number of aryl methyl sites for hydroxylation is 1. The molecule has 0 aromatic carbocycles. The minimum atomic E-state index is 0.444. The van der Waals surface area contributed by atoms with Crippen LogP contribution in [0.4, 0.5) is 0 Å². The third-order valence-electron chi connectivity index (χ3n) is 3.50. The highest BCUT2D eigenvalue weighted by Crippen LogP contribution is 2.39. The minimum Gasteiger partial charge on any atom is -0.303 e. The fraction of sp³-hybridized carbons (Fsp3) is 0.429. The Hall–Kier alpha value is -0.160. The molecule has 2 unspecified atom stereocenters. The molecule has 1 aliphatic rings. The third-order valence-corrected chi connectivity index (χ3v) is 6.27. The smallest absolute Gasteiger partial charge is 0.0704 e. The molecular formula is C14H16BrNS2. The number of halogens is 1. The second kappa shape index (κ2) is 5.45.